The number of amides is 1. The number of thiocarbonyl (C=S) groups is 1. The van der Waals surface area contributed by atoms with E-state index in [0.717, 1.165) is 31.6 Å². The molecule has 2 fully saturated rings. The smallest absolute Gasteiger partial charge is 0.233 e. The molecule has 1 amide bonds. The van der Waals surface area contributed by atoms with Gasteiger partial charge in [-0.25, -0.2) is 0 Å². The predicted molar refractivity (Wildman–Crippen MR) is 86.4 cm³/mol. The quantitative estimate of drug-likeness (QED) is 0.766. The first-order valence-electron chi connectivity index (χ1n) is 8.08. The summed E-state index contributed by atoms with van der Waals surface area (Å²) in [5, 5.41) is 3.22. The average Bonchev–Trinajstić information content (AvgIpc) is 2.37. The summed E-state index contributed by atoms with van der Waals surface area (Å²) in [6.45, 7) is 4.40. The van der Waals surface area contributed by atoms with Gasteiger partial charge in [-0.15, -0.1) is 0 Å². The molecule has 0 heterocycles. The lowest BCUT2D eigenvalue weighted by molar-refractivity contribution is -0.133. The van der Waals surface area contributed by atoms with Crippen molar-refractivity contribution in [2.45, 2.75) is 71.3 Å². The molecule has 2 aliphatic carbocycles. The van der Waals surface area contributed by atoms with Crippen molar-refractivity contribution < 1.29 is 4.79 Å². The van der Waals surface area contributed by atoms with Gasteiger partial charge in [0.15, 0.2) is 0 Å². The van der Waals surface area contributed by atoms with Gasteiger partial charge in [-0.1, -0.05) is 38.9 Å². The first kappa shape index (κ1) is 15.7. The van der Waals surface area contributed by atoms with E-state index >= 15 is 0 Å². The molecule has 3 N–H and O–H groups in total. The summed E-state index contributed by atoms with van der Waals surface area (Å²) < 4.78 is 0. The molecule has 4 heteroatoms. The number of hydrogen-bond acceptors (Lipinski definition) is 2. The van der Waals surface area contributed by atoms with Crippen LogP contribution in [0.4, 0.5) is 0 Å². The van der Waals surface area contributed by atoms with E-state index in [1.165, 1.54) is 25.7 Å². The molecule has 0 spiro atoms. The third-order valence-corrected chi connectivity index (χ3v) is 5.57. The number of nitrogens with two attached hydrogens (primary N) is 1. The minimum Gasteiger partial charge on any atom is -0.392 e. The lowest BCUT2D eigenvalue weighted by atomic mass is 9.61. The molecule has 20 heavy (non-hydrogen) atoms. The minimum absolute atomic E-state index is 0.0852. The average molecular weight is 296 g/mol. The van der Waals surface area contributed by atoms with Crippen molar-refractivity contribution in [3.8, 4) is 0 Å². The second-order valence-corrected chi connectivity index (χ2v) is 7.38. The fourth-order valence-electron chi connectivity index (χ4n) is 3.96. The van der Waals surface area contributed by atoms with Crippen molar-refractivity contribution in [2.75, 3.05) is 0 Å². The van der Waals surface area contributed by atoms with Crippen LogP contribution >= 0.6 is 12.2 Å². The number of carbonyl (C=O) groups excluding carboxylic acids is 1. The van der Waals surface area contributed by atoms with Gasteiger partial charge in [0.05, 0.1) is 10.4 Å². The molecule has 2 saturated carbocycles. The van der Waals surface area contributed by atoms with Crippen molar-refractivity contribution >= 4 is 23.1 Å². The fourth-order valence-corrected chi connectivity index (χ4v) is 4.22. The Labute approximate surface area is 128 Å². The van der Waals surface area contributed by atoms with E-state index in [-0.39, 0.29) is 5.91 Å². The summed E-state index contributed by atoms with van der Waals surface area (Å²) >= 11 is 5.15. The van der Waals surface area contributed by atoms with Crippen LogP contribution in [-0.2, 0) is 4.79 Å². The Hall–Kier alpha value is -0.640. The summed E-state index contributed by atoms with van der Waals surface area (Å²) in [4.78, 5) is 12.9. The van der Waals surface area contributed by atoms with Crippen LogP contribution in [0.15, 0.2) is 0 Å². The van der Waals surface area contributed by atoms with Crippen LogP contribution in [0.2, 0.25) is 0 Å². The Balaban J connectivity index is 1.85. The molecule has 0 aliphatic heterocycles. The third kappa shape index (κ3) is 3.16. The fraction of sp³-hybridized carbons (Fsp3) is 0.875. The summed E-state index contributed by atoms with van der Waals surface area (Å²) in [5.74, 6) is 1.51. The van der Waals surface area contributed by atoms with Gasteiger partial charge < -0.3 is 11.1 Å². The van der Waals surface area contributed by atoms with Crippen LogP contribution in [0.1, 0.15) is 65.2 Å². The Morgan fingerprint density at radius 1 is 1.30 bits per heavy atom. The van der Waals surface area contributed by atoms with E-state index in [0.29, 0.717) is 16.9 Å². The molecule has 0 aromatic rings. The highest BCUT2D eigenvalue weighted by Gasteiger charge is 2.51. The van der Waals surface area contributed by atoms with Crippen LogP contribution in [0.5, 0.6) is 0 Å². The number of hydrogen-bond donors (Lipinski definition) is 2. The monoisotopic (exact) mass is 296 g/mol. The molecule has 114 valence electrons. The minimum atomic E-state index is -0.547. The molecule has 0 radical (unpaired) electrons. The van der Waals surface area contributed by atoms with Crippen molar-refractivity contribution in [2.24, 2.45) is 23.0 Å². The van der Waals surface area contributed by atoms with Gasteiger partial charge in [0.2, 0.25) is 5.91 Å². The lowest BCUT2D eigenvalue weighted by Gasteiger charge is -2.45. The molecule has 0 unspecified atom stereocenters. The Morgan fingerprint density at radius 2 is 1.90 bits per heavy atom. The zero-order valence-corrected chi connectivity index (χ0v) is 13.6. The highest BCUT2D eigenvalue weighted by atomic mass is 32.1. The van der Waals surface area contributed by atoms with Gasteiger partial charge in [0.25, 0.3) is 0 Å². The van der Waals surface area contributed by atoms with Gasteiger partial charge in [-0.2, -0.15) is 0 Å². The van der Waals surface area contributed by atoms with Gasteiger partial charge in [0.1, 0.15) is 0 Å². The van der Waals surface area contributed by atoms with Crippen molar-refractivity contribution in [1.29, 1.82) is 0 Å². The Morgan fingerprint density at radius 3 is 2.35 bits per heavy atom. The Bertz CT molecular complexity index is 369. The van der Waals surface area contributed by atoms with Crippen molar-refractivity contribution in [3.05, 3.63) is 0 Å². The maximum atomic E-state index is 12.5. The zero-order valence-electron chi connectivity index (χ0n) is 12.8. The lowest BCUT2D eigenvalue weighted by Crippen LogP contribution is -2.57. The van der Waals surface area contributed by atoms with Crippen LogP contribution in [0.3, 0.4) is 0 Å². The highest BCUT2D eigenvalue weighted by molar-refractivity contribution is 7.80. The Kier molecular flexibility index (Phi) is 5.05. The number of carbonyl (C=O) groups is 1. The van der Waals surface area contributed by atoms with E-state index in [4.69, 9.17) is 18.0 Å². The molecular formula is C16H28N2OS. The van der Waals surface area contributed by atoms with Crippen molar-refractivity contribution in [1.82, 2.24) is 5.32 Å². The molecular weight excluding hydrogens is 268 g/mol. The summed E-state index contributed by atoms with van der Waals surface area (Å²) in [7, 11) is 0. The standard InChI is InChI=1S/C16H28N2OS/c1-3-4-12-5-7-13(8-6-12)18-15(19)16(14(17)20)9-11(2)10-16/h11-13H,3-10H2,1-2H3,(H2,17,20)(H,18,19). The zero-order chi connectivity index (χ0) is 14.8. The normalized spacial score (nSPS) is 37.0. The van der Waals surface area contributed by atoms with E-state index in [1.54, 1.807) is 0 Å². The second kappa shape index (κ2) is 6.42. The van der Waals surface area contributed by atoms with Crippen molar-refractivity contribution in [3.63, 3.8) is 0 Å². The summed E-state index contributed by atoms with van der Waals surface area (Å²) in [5.41, 5.74) is 5.29. The molecule has 0 atom stereocenters. The van der Waals surface area contributed by atoms with Crippen LogP contribution in [-0.4, -0.2) is 16.9 Å². The SMILES string of the molecule is CCCC1CCC(NC(=O)C2(C(N)=S)CC(C)C2)CC1. The van der Waals surface area contributed by atoms with E-state index in [2.05, 4.69) is 19.2 Å². The van der Waals surface area contributed by atoms with Crippen LogP contribution < -0.4 is 11.1 Å². The molecule has 2 aliphatic rings. The van der Waals surface area contributed by atoms with Crippen LogP contribution in [0.25, 0.3) is 0 Å². The van der Waals surface area contributed by atoms with E-state index in [1.807, 2.05) is 0 Å². The maximum absolute atomic E-state index is 12.5. The van der Waals surface area contributed by atoms with Gasteiger partial charge >= 0.3 is 0 Å². The highest BCUT2D eigenvalue weighted by Crippen LogP contribution is 2.46. The molecule has 0 saturated heterocycles. The van der Waals surface area contributed by atoms with Gasteiger partial charge in [0, 0.05) is 6.04 Å². The van der Waals surface area contributed by atoms with Gasteiger partial charge in [-0.3, -0.25) is 4.79 Å². The van der Waals surface area contributed by atoms with Gasteiger partial charge in [-0.05, 0) is 50.4 Å². The topological polar surface area (TPSA) is 55.1 Å². The van der Waals surface area contributed by atoms with E-state index < -0.39 is 5.41 Å². The molecule has 3 nitrogen and oxygen atoms in total. The summed E-state index contributed by atoms with van der Waals surface area (Å²) in [6, 6.07) is 0.331. The molecule has 0 bridgehead atoms. The van der Waals surface area contributed by atoms with Crippen LogP contribution in [0, 0.1) is 17.3 Å². The molecule has 0 aromatic heterocycles. The predicted octanol–water partition coefficient (Wildman–Crippen LogP) is 3.16. The first-order valence-corrected chi connectivity index (χ1v) is 8.49. The van der Waals surface area contributed by atoms with E-state index in [9.17, 15) is 4.79 Å². The second-order valence-electron chi connectivity index (χ2n) is 6.94. The third-order valence-electron chi connectivity index (χ3n) is 5.18. The largest absolute Gasteiger partial charge is 0.392 e. The number of nitrogens with one attached hydrogen (secondary N) is 1. The maximum Gasteiger partial charge on any atom is 0.233 e. The molecule has 0 aromatic carbocycles. The molecule has 2 rings (SSSR count). The first-order chi connectivity index (χ1) is 9.48. The summed E-state index contributed by atoms with van der Waals surface area (Å²) in [6.07, 6.45) is 8.95. The number of rotatable bonds is 5.